The number of hydrogen-bond donors (Lipinski definition) is 1. The zero-order valence-electron chi connectivity index (χ0n) is 13.3. The van der Waals surface area contributed by atoms with Crippen molar-refractivity contribution in [3.05, 3.63) is 63.7 Å². The zero-order chi connectivity index (χ0) is 18.0. The van der Waals surface area contributed by atoms with E-state index < -0.39 is 15.9 Å². The molecular formula is C18H15ClN2O3S. The van der Waals surface area contributed by atoms with Crippen molar-refractivity contribution in [2.24, 2.45) is 0 Å². The molecule has 0 spiro atoms. The van der Waals surface area contributed by atoms with E-state index in [1.165, 1.54) is 17.7 Å². The minimum Gasteiger partial charge on any atom is -0.268 e. The van der Waals surface area contributed by atoms with Crippen LogP contribution in [0.5, 0.6) is 0 Å². The van der Waals surface area contributed by atoms with Crippen molar-refractivity contribution in [1.82, 2.24) is 4.72 Å². The van der Waals surface area contributed by atoms with Crippen molar-refractivity contribution in [1.29, 1.82) is 5.26 Å². The number of fused-ring (bicyclic) bond motifs is 1. The largest absolute Gasteiger partial charge is 0.268 e. The van der Waals surface area contributed by atoms with Crippen molar-refractivity contribution in [2.45, 2.75) is 30.6 Å². The number of halogens is 1. The van der Waals surface area contributed by atoms with Crippen LogP contribution in [0.25, 0.3) is 0 Å². The Balaban J connectivity index is 1.84. The van der Waals surface area contributed by atoms with Gasteiger partial charge in [-0.15, -0.1) is 0 Å². The highest BCUT2D eigenvalue weighted by atomic mass is 35.5. The number of hydrogen-bond acceptors (Lipinski definition) is 4. The van der Waals surface area contributed by atoms with Crippen LogP contribution in [0, 0.1) is 11.3 Å². The Morgan fingerprint density at radius 3 is 2.48 bits per heavy atom. The second-order valence-corrected chi connectivity index (χ2v) is 7.97. The minimum absolute atomic E-state index is 0.0200. The Labute approximate surface area is 151 Å². The highest BCUT2D eigenvalue weighted by molar-refractivity contribution is 7.90. The van der Waals surface area contributed by atoms with Crippen molar-refractivity contribution in [3.8, 4) is 6.07 Å². The second-order valence-electron chi connectivity index (χ2n) is 5.88. The molecule has 3 rings (SSSR count). The van der Waals surface area contributed by atoms with Crippen molar-refractivity contribution < 1.29 is 13.2 Å². The van der Waals surface area contributed by atoms with E-state index in [0.29, 0.717) is 5.56 Å². The van der Waals surface area contributed by atoms with Gasteiger partial charge in [0.15, 0.2) is 0 Å². The monoisotopic (exact) mass is 374 g/mol. The standard InChI is InChI=1S/C18H15ClN2O3S/c19-17-10-16(8-7-15(17)11-20)25(23,24)21-18(22)14-6-5-12-3-1-2-4-13(12)9-14/h5-10H,1-4H2,(H,21,22). The molecule has 0 radical (unpaired) electrons. The lowest BCUT2D eigenvalue weighted by Crippen LogP contribution is -2.30. The molecule has 1 aliphatic rings. The first-order valence-electron chi connectivity index (χ1n) is 7.79. The van der Waals surface area contributed by atoms with Gasteiger partial charge in [0.2, 0.25) is 0 Å². The van der Waals surface area contributed by atoms with Gasteiger partial charge in [0.25, 0.3) is 15.9 Å². The molecule has 0 aromatic heterocycles. The molecule has 128 valence electrons. The molecule has 1 amide bonds. The second kappa shape index (κ2) is 6.87. The summed E-state index contributed by atoms with van der Waals surface area (Å²) in [7, 11) is -4.07. The number of carbonyl (C=O) groups excluding carboxylic acids is 1. The first-order chi connectivity index (χ1) is 11.9. The predicted octanol–water partition coefficient (Wildman–Crippen LogP) is 3.21. The molecule has 2 aromatic rings. The highest BCUT2D eigenvalue weighted by Crippen LogP contribution is 2.23. The normalized spacial score (nSPS) is 13.6. The summed E-state index contributed by atoms with van der Waals surface area (Å²) in [6.07, 6.45) is 4.08. The van der Waals surface area contributed by atoms with Crippen LogP contribution in [0.1, 0.15) is 39.9 Å². The van der Waals surface area contributed by atoms with E-state index >= 15 is 0 Å². The molecule has 25 heavy (non-hydrogen) atoms. The van der Waals surface area contributed by atoms with Gasteiger partial charge in [-0.1, -0.05) is 17.7 Å². The molecule has 0 aliphatic heterocycles. The van der Waals surface area contributed by atoms with Crippen LogP contribution >= 0.6 is 11.6 Å². The number of sulfonamides is 1. The Hall–Kier alpha value is -2.36. The lowest BCUT2D eigenvalue weighted by molar-refractivity contribution is 0.0981. The summed E-state index contributed by atoms with van der Waals surface area (Å²) < 4.78 is 26.8. The Morgan fingerprint density at radius 2 is 1.80 bits per heavy atom. The van der Waals surface area contributed by atoms with E-state index in [0.717, 1.165) is 37.3 Å². The Kier molecular flexibility index (Phi) is 4.80. The molecule has 5 nitrogen and oxygen atoms in total. The molecule has 1 aliphatic carbocycles. The van der Waals surface area contributed by atoms with Gasteiger partial charge >= 0.3 is 0 Å². The van der Waals surface area contributed by atoms with Gasteiger partial charge in [-0.25, -0.2) is 13.1 Å². The van der Waals surface area contributed by atoms with Crippen LogP contribution in [0.3, 0.4) is 0 Å². The fourth-order valence-corrected chi connectivity index (χ4v) is 4.16. The molecule has 0 atom stereocenters. The number of nitrogens with zero attached hydrogens (tertiary/aromatic N) is 1. The summed E-state index contributed by atoms with van der Waals surface area (Å²) in [5.41, 5.74) is 2.79. The predicted molar refractivity (Wildman–Crippen MR) is 93.9 cm³/mol. The number of benzene rings is 2. The van der Waals surface area contributed by atoms with E-state index in [1.807, 2.05) is 12.1 Å². The molecule has 0 heterocycles. The van der Waals surface area contributed by atoms with Gasteiger partial charge in [0.05, 0.1) is 15.5 Å². The van der Waals surface area contributed by atoms with Crippen LogP contribution in [0.2, 0.25) is 5.02 Å². The smallest absolute Gasteiger partial charge is 0.265 e. The Bertz CT molecular complexity index is 994. The van der Waals surface area contributed by atoms with E-state index in [-0.39, 0.29) is 15.5 Å². The summed E-state index contributed by atoms with van der Waals surface area (Å²) in [5.74, 6) is -0.686. The zero-order valence-corrected chi connectivity index (χ0v) is 14.8. The molecule has 1 N–H and O–H groups in total. The molecule has 0 unspecified atom stereocenters. The molecule has 0 fully saturated rings. The third kappa shape index (κ3) is 3.68. The maximum Gasteiger partial charge on any atom is 0.265 e. The summed E-state index contributed by atoms with van der Waals surface area (Å²) in [4.78, 5) is 12.2. The molecule has 0 bridgehead atoms. The van der Waals surface area contributed by atoms with E-state index in [9.17, 15) is 13.2 Å². The van der Waals surface area contributed by atoms with E-state index in [1.54, 1.807) is 12.1 Å². The number of nitrogens with one attached hydrogen (secondary N) is 1. The molecule has 0 saturated carbocycles. The average molecular weight is 375 g/mol. The third-order valence-corrected chi connectivity index (χ3v) is 5.85. The maximum atomic E-state index is 12.4. The van der Waals surface area contributed by atoms with Gasteiger partial charge in [-0.3, -0.25) is 4.79 Å². The SMILES string of the molecule is N#Cc1ccc(S(=O)(=O)NC(=O)c2ccc3c(c2)CCCC3)cc1Cl. The summed E-state index contributed by atoms with van der Waals surface area (Å²) in [5, 5.41) is 8.87. The average Bonchev–Trinajstić information content (AvgIpc) is 2.60. The summed E-state index contributed by atoms with van der Waals surface area (Å²) in [6, 6.07) is 10.8. The van der Waals surface area contributed by atoms with Crippen molar-refractivity contribution in [2.75, 3.05) is 0 Å². The minimum atomic E-state index is -4.07. The third-order valence-electron chi connectivity index (χ3n) is 4.21. The van der Waals surface area contributed by atoms with Gasteiger partial charge < -0.3 is 0 Å². The van der Waals surface area contributed by atoms with Crippen LogP contribution in [-0.2, 0) is 22.9 Å². The number of nitriles is 1. The van der Waals surface area contributed by atoms with Crippen LogP contribution in [0.4, 0.5) is 0 Å². The van der Waals surface area contributed by atoms with Crippen LogP contribution < -0.4 is 4.72 Å². The number of amides is 1. The number of rotatable bonds is 3. The number of carbonyl (C=O) groups is 1. The van der Waals surface area contributed by atoms with Crippen molar-refractivity contribution >= 4 is 27.5 Å². The van der Waals surface area contributed by atoms with Gasteiger partial charge in [0, 0.05) is 5.56 Å². The first kappa shape index (κ1) is 17.5. The van der Waals surface area contributed by atoms with Gasteiger partial charge in [-0.2, -0.15) is 5.26 Å². The molecule has 7 heteroatoms. The first-order valence-corrected chi connectivity index (χ1v) is 9.65. The topological polar surface area (TPSA) is 87.0 Å². The highest BCUT2D eigenvalue weighted by Gasteiger charge is 2.21. The van der Waals surface area contributed by atoms with Crippen molar-refractivity contribution in [3.63, 3.8) is 0 Å². The summed E-state index contributed by atoms with van der Waals surface area (Å²) >= 11 is 5.87. The maximum absolute atomic E-state index is 12.4. The molecule has 2 aromatic carbocycles. The number of aryl methyl sites for hydroxylation is 2. The lowest BCUT2D eigenvalue weighted by Gasteiger charge is -2.16. The van der Waals surface area contributed by atoms with E-state index in [2.05, 4.69) is 4.72 Å². The molecular weight excluding hydrogens is 360 g/mol. The quantitative estimate of drug-likeness (QED) is 0.893. The van der Waals surface area contributed by atoms with Crippen LogP contribution in [0.15, 0.2) is 41.3 Å². The fraction of sp³-hybridized carbons (Fsp3) is 0.222. The van der Waals surface area contributed by atoms with Gasteiger partial charge in [0.1, 0.15) is 6.07 Å². The summed E-state index contributed by atoms with van der Waals surface area (Å²) in [6.45, 7) is 0. The van der Waals surface area contributed by atoms with Crippen LogP contribution in [-0.4, -0.2) is 14.3 Å². The van der Waals surface area contributed by atoms with E-state index in [4.69, 9.17) is 16.9 Å². The lowest BCUT2D eigenvalue weighted by atomic mass is 9.90. The fourth-order valence-electron chi connectivity index (χ4n) is 2.87. The molecule has 0 saturated heterocycles. The van der Waals surface area contributed by atoms with Gasteiger partial charge in [-0.05, 0) is 67.1 Å². The Morgan fingerprint density at radius 1 is 1.08 bits per heavy atom.